The molecule has 172 valence electrons. The lowest BCUT2D eigenvalue weighted by atomic mass is 10.2. The van der Waals surface area contributed by atoms with E-state index in [1.54, 1.807) is 24.5 Å². The van der Waals surface area contributed by atoms with Gasteiger partial charge in [-0.2, -0.15) is 13.2 Å². The lowest BCUT2D eigenvalue weighted by molar-refractivity contribution is -0.154. The predicted octanol–water partition coefficient (Wildman–Crippen LogP) is 4.20. The molecule has 0 aromatic carbocycles. The first-order valence-electron chi connectivity index (χ1n) is 9.81. The molecule has 0 spiro atoms. The molecule has 1 aliphatic heterocycles. The lowest BCUT2D eigenvalue weighted by Gasteiger charge is -2.27. The van der Waals surface area contributed by atoms with Gasteiger partial charge in [0.1, 0.15) is 0 Å². The van der Waals surface area contributed by atoms with E-state index in [2.05, 4.69) is 43.0 Å². The van der Waals surface area contributed by atoms with Crippen LogP contribution in [-0.2, 0) is 6.54 Å². The standard InChI is InChI=1S/C20H26F3N5OS.HI/c1-24-19(26-12-15-6-7-25-18(11-15)29-14-20(21,22)23)27-13-16(17-5-4-10-30-17)28-8-2-3-9-28;/h4-7,10-11,16H,2-3,8-9,12-14H2,1H3,(H2,24,26,27);1H. The van der Waals surface area contributed by atoms with Crippen LogP contribution in [-0.4, -0.2) is 55.3 Å². The molecule has 1 saturated heterocycles. The zero-order valence-corrected chi connectivity index (χ0v) is 20.3. The predicted molar refractivity (Wildman–Crippen MR) is 127 cm³/mol. The molecule has 0 aliphatic carbocycles. The molecule has 2 aromatic heterocycles. The molecule has 1 unspecified atom stereocenters. The third-order valence-electron chi connectivity index (χ3n) is 4.78. The SMILES string of the molecule is CN=C(NCc1ccnc(OCC(F)(F)F)c1)NCC(c1cccs1)N1CCCC1.I. The van der Waals surface area contributed by atoms with E-state index >= 15 is 0 Å². The summed E-state index contributed by atoms with van der Waals surface area (Å²) in [7, 11) is 1.69. The van der Waals surface area contributed by atoms with Crippen LogP contribution in [0.2, 0.25) is 0 Å². The van der Waals surface area contributed by atoms with Gasteiger partial charge in [-0.25, -0.2) is 4.98 Å². The van der Waals surface area contributed by atoms with Crippen LogP contribution in [0.15, 0.2) is 40.8 Å². The lowest BCUT2D eigenvalue weighted by Crippen LogP contribution is -2.42. The summed E-state index contributed by atoms with van der Waals surface area (Å²) in [6, 6.07) is 7.72. The van der Waals surface area contributed by atoms with Crippen LogP contribution >= 0.6 is 35.3 Å². The number of hydrogen-bond donors (Lipinski definition) is 2. The molecule has 0 radical (unpaired) electrons. The highest BCUT2D eigenvalue weighted by atomic mass is 127. The first kappa shape index (κ1) is 25.7. The van der Waals surface area contributed by atoms with Gasteiger partial charge in [-0.15, -0.1) is 35.3 Å². The smallest absolute Gasteiger partial charge is 0.422 e. The van der Waals surface area contributed by atoms with Gasteiger partial charge in [0.15, 0.2) is 12.6 Å². The third kappa shape index (κ3) is 8.45. The van der Waals surface area contributed by atoms with Crippen molar-refractivity contribution in [2.75, 3.05) is 33.3 Å². The topological polar surface area (TPSA) is 61.8 Å². The molecule has 31 heavy (non-hydrogen) atoms. The Kier molecular flexibility index (Phi) is 10.3. The number of aromatic nitrogens is 1. The summed E-state index contributed by atoms with van der Waals surface area (Å²) in [5.74, 6) is 0.576. The van der Waals surface area contributed by atoms with E-state index in [9.17, 15) is 13.2 Å². The van der Waals surface area contributed by atoms with Crippen molar-refractivity contribution in [1.82, 2.24) is 20.5 Å². The molecular formula is C20H27F3IN5OS. The molecule has 2 N–H and O–H groups in total. The number of guanidine groups is 1. The van der Waals surface area contributed by atoms with Crippen molar-refractivity contribution in [1.29, 1.82) is 0 Å². The van der Waals surface area contributed by atoms with Gasteiger partial charge in [-0.3, -0.25) is 9.89 Å². The number of rotatable bonds is 8. The van der Waals surface area contributed by atoms with E-state index in [0.29, 0.717) is 12.5 Å². The molecule has 11 heteroatoms. The molecule has 6 nitrogen and oxygen atoms in total. The van der Waals surface area contributed by atoms with Crippen LogP contribution in [0.3, 0.4) is 0 Å². The molecule has 3 heterocycles. The van der Waals surface area contributed by atoms with Gasteiger partial charge in [0.05, 0.1) is 6.04 Å². The minimum atomic E-state index is -4.39. The molecule has 1 atom stereocenters. The van der Waals surface area contributed by atoms with Gasteiger partial charge in [-0.05, 0) is 49.0 Å². The summed E-state index contributed by atoms with van der Waals surface area (Å²) in [5.41, 5.74) is 0.750. The molecule has 0 bridgehead atoms. The summed E-state index contributed by atoms with van der Waals surface area (Å²) in [6.45, 7) is 1.93. The van der Waals surface area contributed by atoms with Crippen LogP contribution in [0.5, 0.6) is 5.88 Å². The molecule has 1 fully saturated rings. The highest BCUT2D eigenvalue weighted by molar-refractivity contribution is 14.0. The van der Waals surface area contributed by atoms with E-state index in [-0.39, 0.29) is 35.9 Å². The van der Waals surface area contributed by atoms with Crippen molar-refractivity contribution >= 4 is 41.3 Å². The fourth-order valence-electron chi connectivity index (χ4n) is 3.34. The Bertz CT molecular complexity index is 813. The monoisotopic (exact) mass is 569 g/mol. The zero-order chi connectivity index (χ0) is 21.4. The molecule has 2 aromatic rings. The summed E-state index contributed by atoms with van der Waals surface area (Å²) in [4.78, 5) is 11.9. The Morgan fingerprint density at radius 1 is 1.29 bits per heavy atom. The maximum absolute atomic E-state index is 12.3. The number of aliphatic imine (C=N–C) groups is 1. The van der Waals surface area contributed by atoms with E-state index in [1.807, 2.05) is 0 Å². The van der Waals surface area contributed by atoms with Gasteiger partial charge in [-0.1, -0.05) is 6.07 Å². The summed E-state index contributed by atoms with van der Waals surface area (Å²) in [6.07, 6.45) is -0.527. The van der Waals surface area contributed by atoms with Gasteiger partial charge in [0.25, 0.3) is 0 Å². The highest BCUT2D eigenvalue weighted by Gasteiger charge is 2.28. The van der Waals surface area contributed by atoms with Crippen molar-refractivity contribution in [2.24, 2.45) is 4.99 Å². The first-order valence-corrected chi connectivity index (χ1v) is 10.7. The second kappa shape index (κ2) is 12.4. The van der Waals surface area contributed by atoms with Gasteiger partial charge in [0, 0.05) is 37.3 Å². The third-order valence-corrected chi connectivity index (χ3v) is 5.76. The zero-order valence-electron chi connectivity index (χ0n) is 17.2. The number of halogens is 4. The second-order valence-corrected chi connectivity index (χ2v) is 7.97. The number of pyridine rings is 1. The molecular weight excluding hydrogens is 542 g/mol. The van der Waals surface area contributed by atoms with Crippen LogP contribution in [0.25, 0.3) is 0 Å². The van der Waals surface area contributed by atoms with E-state index in [1.165, 1.54) is 30.0 Å². The molecule has 3 rings (SSSR count). The number of likely N-dealkylation sites (tertiary alicyclic amines) is 1. The van der Waals surface area contributed by atoms with Gasteiger partial charge < -0.3 is 15.4 Å². The fraction of sp³-hybridized carbons (Fsp3) is 0.500. The van der Waals surface area contributed by atoms with Crippen molar-refractivity contribution in [3.63, 3.8) is 0 Å². The van der Waals surface area contributed by atoms with Gasteiger partial charge >= 0.3 is 6.18 Å². The number of nitrogens with zero attached hydrogens (tertiary/aromatic N) is 3. The fourth-order valence-corrected chi connectivity index (χ4v) is 4.20. The van der Waals surface area contributed by atoms with Crippen molar-refractivity contribution in [3.05, 3.63) is 46.3 Å². The summed E-state index contributed by atoms with van der Waals surface area (Å²) in [5, 5.41) is 8.66. The van der Waals surface area contributed by atoms with Crippen molar-refractivity contribution < 1.29 is 17.9 Å². The Labute approximate surface area is 201 Å². The number of hydrogen-bond acceptors (Lipinski definition) is 5. The van der Waals surface area contributed by atoms with E-state index in [0.717, 1.165) is 25.2 Å². The van der Waals surface area contributed by atoms with E-state index in [4.69, 9.17) is 4.74 Å². The van der Waals surface area contributed by atoms with Gasteiger partial charge in [0.2, 0.25) is 5.88 Å². The molecule has 0 saturated carbocycles. The number of nitrogens with one attached hydrogen (secondary N) is 2. The molecule has 1 aliphatic rings. The summed E-state index contributed by atoms with van der Waals surface area (Å²) >= 11 is 1.75. The number of thiophene rings is 1. The molecule has 0 amide bonds. The normalized spacial score (nSPS) is 15.9. The highest BCUT2D eigenvalue weighted by Crippen LogP contribution is 2.27. The van der Waals surface area contributed by atoms with Crippen LogP contribution in [0, 0.1) is 0 Å². The quantitative estimate of drug-likeness (QED) is 0.284. The van der Waals surface area contributed by atoms with E-state index < -0.39 is 12.8 Å². The van der Waals surface area contributed by atoms with Crippen molar-refractivity contribution in [3.8, 4) is 5.88 Å². The minimum Gasteiger partial charge on any atom is -0.468 e. The minimum absolute atomic E-state index is 0. The van der Waals surface area contributed by atoms with Crippen LogP contribution in [0.1, 0.15) is 29.3 Å². The second-order valence-electron chi connectivity index (χ2n) is 6.99. The maximum Gasteiger partial charge on any atom is 0.422 e. The average molecular weight is 569 g/mol. The average Bonchev–Trinajstić information content (AvgIpc) is 3.43. The maximum atomic E-state index is 12.3. The number of alkyl halides is 3. The van der Waals surface area contributed by atoms with Crippen molar-refractivity contribution in [2.45, 2.75) is 31.6 Å². The largest absolute Gasteiger partial charge is 0.468 e. The summed E-state index contributed by atoms with van der Waals surface area (Å²) < 4.78 is 41.6. The number of ether oxygens (including phenoxy) is 1. The first-order chi connectivity index (χ1) is 14.4. The Balaban J connectivity index is 0.00000341. The Morgan fingerprint density at radius 3 is 2.71 bits per heavy atom. The Hall–Kier alpha value is -1.60. The van der Waals surface area contributed by atoms with Crippen LogP contribution < -0.4 is 15.4 Å². The Morgan fingerprint density at radius 2 is 2.06 bits per heavy atom. The van der Waals surface area contributed by atoms with Crippen LogP contribution in [0.4, 0.5) is 13.2 Å².